The van der Waals surface area contributed by atoms with Gasteiger partial charge in [0, 0.05) is 25.0 Å². The lowest BCUT2D eigenvalue weighted by atomic mass is 10.0. The number of amides is 1. The van der Waals surface area contributed by atoms with Crippen LogP contribution >= 0.6 is 0 Å². The van der Waals surface area contributed by atoms with Crippen LogP contribution in [0, 0.1) is 11.7 Å². The van der Waals surface area contributed by atoms with E-state index in [4.69, 9.17) is 0 Å². The lowest BCUT2D eigenvalue weighted by molar-refractivity contribution is -0.124. The van der Waals surface area contributed by atoms with Gasteiger partial charge in [-0.3, -0.25) is 9.69 Å². The molecule has 1 amide bonds. The molecule has 0 radical (unpaired) electrons. The van der Waals surface area contributed by atoms with Crippen LogP contribution in [0.1, 0.15) is 38.7 Å². The topological polar surface area (TPSA) is 32.3 Å². The third-order valence-electron chi connectivity index (χ3n) is 4.52. The number of piperidine rings is 1. The van der Waals surface area contributed by atoms with E-state index in [0.717, 1.165) is 18.7 Å². The molecular formula is C18H27FN2O. The summed E-state index contributed by atoms with van der Waals surface area (Å²) < 4.78 is 13.2. The summed E-state index contributed by atoms with van der Waals surface area (Å²) in [5.41, 5.74) is 0.868. The molecule has 2 rings (SSSR count). The Morgan fingerprint density at radius 3 is 3.00 bits per heavy atom. The first-order chi connectivity index (χ1) is 10.6. The molecule has 0 spiro atoms. The van der Waals surface area contributed by atoms with Crippen molar-refractivity contribution in [2.45, 2.75) is 45.6 Å². The van der Waals surface area contributed by atoms with E-state index in [1.807, 2.05) is 13.0 Å². The Kier molecular flexibility index (Phi) is 6.37. The molecule has 3 nitrogen and oxygen atoms in total. The van der Waals surface area contributed by atoms with E-state index in [-0.39, 0.29) is 17.6 Å². The van der Waals surface area contributed by atoms with Crippen LogP contribution in [0.2, 0.25) is 0 Å². The fourth-order valence-electron chi connectivity index (χ4n) is 3.10. The maximum absolute atomic E-state index is 13.2. The highest BCUT2D eigenvalue weighted by Crippen LogP contribution is 2.15. The smallest absolute Gasteiger partial charge is 0.223 e. The normalized spacial score (nSPS) is 20.6. The first-order valence-corrected chi connectivity index (χ1v) is 8.32. The molecular weight excluding hydrogens is 279 g/mol. The summed E-state index contributed by atoms with van der Waals surface area (Å²) in [5, 5.41) is 3.01. The Balaban J connectivity index is 1.72. The van der Waals surface area contributed by atoms with Gasteiger partial charge in [-0.1, -0.05) is 25.5 Å². The Labute approximate surface area is 132 Å². The minimum atomic E-state index is -0.246. The second-order valence-electron chi connectivity index (χ2n) is 6.41. The van der Waals surface area contributed by atoms with Crippen LogP contribution in [0.25, 0.3) is 0 Å². The van der Waals surface area contributed by atoms with Crippen LogP contribution in [-0.2, 0) is 11.2 Å². The van der Waals surface area contributed by atoms with E-state index in [9.17, 15) is 9.18 Å². The second-order valence-corrected chi connectivity index (χ2v) is 6.41. The van der Waals surface area contributed by atoms with Crippen molar-refractivity contribution in [3.05, 3.63) is 35.6 Å². The van der Waals surface area contributed by atoms with Crippen molar-refractivity contribution in [1.82, 2.24) is 10.2 Å². The van der Waals surface area contributed by atoms with E-state index in [1.165, 1.54) is 31.4 Å². The number of hydrogen-bond donors (Lipinski definition) is 1. The molecule has 4 heteroatoms. The molecule has 1 heterocycles. The molecule has 1 saturated heterocycles. The van der Waals surface area contributed by atoms with Gasteiger partial charge in [-0.15, -0.1) is 0 Å². The quantitative estimate of drug-likeness (QED) is 0.876. The van der Waals surface area contributed by atoms with Gasteiger partial charge in [0.2, 0.25) is 5.91 Å². The summed E-state index contributed by atoms with van der Waals surface area (Å²) >= 11 is 0. The Bertz CT molecular complexity index is 492. The average molecular weight is 306 g/mol. The third kappa shape index (κ3) is 5.09. The highest BCUT2D eigenvalue weighted by atomic mass is 19.1. The summed E-state index contributed by atoms with van der Waals surface area (Å²) in [6, 6.07) is 7.10. The van der Waals surface area contributed by atoms with Crippen molar-refractivity contribution in [2.24, 2.45) is 5.92 Å². The van der Waals surface area contributed by atoms with Crippen LogP contribution in [0.4, 0.5) is 4.39 Å². The number of carbonyl (C=O) groups is 1. The van der Waals surface area contributed by atoms with Crippen LogP contribution < -0.4 is 5.32 Å². The molecule has 0 aliphatic carbocycles. The summed E-state index contributed by atoms with van der Waals surface area (Å²) in [7, 11) is 0. The van der Waals surface area contributed by atoms with Crippen LogP contribution in [0.15, 0.2) is 24.3 Å². The van der Waals surface area contributed by atoms with Crippen molar-refractivity contribution < 1.29 is 9.18 Å². The monoisotopic (exact) mass is 306 g/mol. The number of nitrogens with one attached hydrogen (secondary N) is 1. The number of carbonyl (C=O) groups excluding carboxylic acids is 1. The number of likely N-dealkylation sites (tertiary alicyclic amines) is 1. The number of rotatable bonds is 6. The Hall–Kier alpha value is -1.42. The molecule has 122 valence electrons. The zero-order valence-corrected chi connectivity index (χ0v) is 13.6. The standard InChI is InChI=1S/C18H27FN2O/c1-14(12-16-7-5-8-17(19)13-16)18(22)20-9-11-21-10-4-3-6-15(21)2/h5,7-8,13-15H,3-4,6,9-12H2,1-2H3,(H,20,22)/t14-,15-/m0/s1. The third-order valence-corrected chi connectivity index (χ3v) is 4.52. The molecule has 0 unspecified atom stereocenters. The molecule has 1 aliphatic rings. The highest BCUT2D eigenvalue weighted by molar-refractivity contribution is 5.78. The predicted molar refractivity (Wildman–Crippen MR) is 87.2 cm³/mol. The number of nitrogens with zero attached hydrogens (tertiary/aromatic N) is 1. The lowest BCUT2D eigenvalue weighted by Gasteiger charge is -2.33. The van der Waals surface area contributed by atoms with Crippen molar-refractivity contribution in [3.8, 4) is 0 Å². The molecule has 0 bridgehead atoms. The van der Waals surface area contributed by atoms with E-state index < -0.39 is 0 Å². The summed E-state index contributed by atoms with van der Waals surface area (Å²) in [6.45, 7) is 6.89. The summed E-state index contributed by atoms with van der Waals surface area (Å²) in [4.78, 5) is 14.6. The van der Waals surface area contributed by atoms with E-state index in [2.05, 4.69) is 17.1 Å². The predicted octanol–water partition coefficient (Wildman–Crippen LogP) is 2.99. The van der Waals surface area contributed by atoms with Crippen molar-refractivity contribution in [1.29, 1.82) is 0 Å². The number of halogens is 1. The first-order valence-electron chi connectivity index (χ1n) is 8.32. The SMILES string of the molecule is C[C@@H](Cc1cccc(F)c1)C(=O)NCCN1CCCC[C@@H]1C. The molecule has 1 fully saturated rings. The first kappa shape index (κ1) is 16.9. The van der Waals surface area contributed by atoms with E-state index in [0.29, 0.717) is 19.0 Å². The van der Waals surface area contributed by atoms with Crippen molar-refractivity contribution in [3.63, 3.8) is 0 Å². The fourth-order valence-corrected chi connectivity index (χ4v) is 3.10. The van der Waals surface area contributed by atoms with Gasteiger partial charge in [0.15, 0.2) is 0 Å². The van der Waals surface area contributed by atoms with Gasteiger partial charge in [-0.25, -0.2) is 4.39 Å². The Morgan fingerprint density at radius 1 is 1.45 bits per heavy atom. The van der Waals surface area contributed by atoms with Crippen LogP contribution in [0.5, 0.6) is 0 Å². The lowest BCUT2D eigenvalue weighted by Crippen LogP contribution is -2.43. The average Bonchev–Trinajstić information content (AvgIpc) is 2.49. The largest absolute Gasteiger partial charge is 0.355 e. The van der Waals surface area contributed by atoms with Gasteiger partial charge < -0.3 is 5.32 Å². The number of benzene rings is 1. The van der Waals surface area contributed by atoms with Gasteiger partial charge >= 0.3 is 0 Å². The molecule has 2 atom stereocenters. The van der Waals surface area contributed by atoms with Gasteiger partial charge in [0.1, 0.15) is 5.82 Å². The van der Waals surface area contributed by atoms with E-state index >= 15 is 0 Å². The van der Waals surface area contributed by atoms with E-state index in [1.54, 1.807) is 6.07 Å². The maximum atomic E-state index is 13.2. The second kappa shape index (κ2) is 8.28. The van der Waals surface area contributed by atoms with Crippen molar-refractivity contribution >= 4 is 5.91 Å². The summed E-state index contributed by atoms with van der Waals surface area (Å²) in [5.74, 6) is -0.335. The van der Waals surface area contributed by atoms with Gasteiger partial charge in [-0.2, -0.15) is 0 Å². The van der Waals surface area contributed by atoms with Crippen molar-refractivity contribution in [2.75, 3.05) is 19.6 Å². The molecule has 1 aromatic rings. The molecule has 0 saturated carbocycles. The molecule has 1 aliphatic heterocycles. The van der Waals surface area contributed by atoms with Gasteiger partial charge in [0.05, 0.1) is 0 Å². The molecule has 22 heavy (non-hydrogen) atoms. The van der Waals surface area contributed by atoms with Gasteiger partial charge in [0.25, 0.3) is 0 Å². The summed E-state index contributed by atoms with van der Waals surface area (Å²) in [6.07, 6.45) is 4.40. The van der Waals surface area contributed by atoms with Crippen LogP contribution in [0.3, 0.4) is 0 Å². The molecule has 1 aromatic carbocycles. The molecule has 1 N–H and O–H groups in total. The zero-order chi connectivity index (χ0) is 15.9. The maximum Gasteiger partial charge on any atom is 0.223 e. The number of hydrogen-bond acceptors (Lipinski definition) is 2. The fraction of sp³-hybridized carbons (Fsp3) is 0.611. The highest BCUT2D eigenvalue weighted by Gasteiger charge is 2.18. The minimum absolute atomic E-state index is 0.0499. The zero-order valence-electron chi connectivity index (χ0n) is 13.6. The van der Waals surface area contributed by atoms with Crippen LogP contribution in [-0.4, -0.2) is 36.5 Å². The Morgan fingerprint density at radius 2 is 2.27 bits per heavy atom. The molecule has 0 aromatic heterocycles. The minimum Gasteiger partial charge on any atom is -0.355 e. The van der Waals surface area contributed by atoms with Gasteiger partial charge in [-0.05, 0) is 50.4 Å².